The molecular weight excluding hydrogens is 517 g/mol. The van der Waals surface area contributed by atoms with Crippen LogP contribution in [0, 0.1) is 0 Å². The van der Waals surface area contributed by atoms with Gasteiger partial charge in [0.05, 0.1) is 23.6 Å². The summed E-state index contributed by atoms with van der Waals surface area (Å²) in [6, 6.07) is 18.0. The molecule has 1 heterocycles. The van der Waals surface area contributed by atoms with Crippen LogP contribution in [0.25, 0.3) is 6.08 Å². The van der Waals surface area contributed by atoms with Crippen molar-refractivity contribution >= 4 is 63.8 Å². The van der Waals surface area contributed by atoms with Gasteiger partial charge in [0.25, 0.3) is 11.1 Å². The number of imide groups is 1. The van der Waals surface area contributed by atoms with Crippen molar-refractivity contribution in [2.24, 2.45) is 0 Å². The fourth-order valence-electron chi connectivity index (χ4n) is 3.30. The lowest BCUT2D eigenvalue weighted by atomic mass is 10.1. The van der Waals surface area contributed by atoms with Crippen LogP contribution in [-0.4, -0.2) is 23.2 Å². The normalized spacial score (nSPS) is 14.7. The Labute approximate surface area is 216 Å². The Kier molecular flexibility index (Phi) is 7.73. The lowest BCUT2D eigenvalue weighted by Gasteiger charge is -2.14. The molecule has 0 spiro atoms. The zero-order valence-corrected chi connectivity index (χ0v) is 21.0. The van der Waals surface area contributed by atoms with Crippen LogP contribution in [0.5, 0.6) is 11.5 Å². The molecule has 5 nitrogen and oxygen atoms in total. The first-order chi connectivity index (χ1) is 16.4. The average Bonchev–Trinajstić information content (AvgIpc) is 3.07. The predicted octanol–water partition coefficient (Wildman–Crippen LogP) is 7.47. The van der Waals surface area contributed by atoms with Crippen LogP contribution >= 0.6 is 46.6 Å². The molecule has 1 saturated heterocycles. The number of hydrogen-bond donors (Lipinski definition) is 0. The molecule has 34 heavy (non-hydrogen) atoms. The minimum absolute atomic E-state index is 0.0500. The maximum Gasteiger partial charge on any atom is 0.293 e. The topological polar surface area (TPSA) is 55.8 Å². The van der Waals surface area contributed by atoms with Gasteiger partial charge in [0.1, 0.15) is 6.61 Å². The summed E-state index contributed by atoms with van der Waals surface area (Å²) >= 11 is 19.5. The highest BCUT2D eigenvalue weighted by molar-refractivity contribution is 8.18. The second-order valence-corrected chi connectivity index (χ2v) is 9.56. The third-order valence-corrected chi connectivity index (χ3v) is 6.77. The van der Waals surface area contributed by atoms with Crippen molar-refractivity contribution in [2.45, 2.75) is 13.2 Å². The standard InChI is InChI=1S/C25H18Cl3NO4S/c1-32-21-10-16(9-20(28)23(21)33-14-15-5-3-2-4-6-15)11-22-24(30)29(25(31)34-22)13-17-7-8-18(26)12-19(17)27/h2-12H,13-14H2,1H3/b22-11-. The Hall–Kier alpha value is -2.64. The van der Waals surface area contributed by atoms with E-state index in [1.807, 2.05) is 30.3 Å². The van der Waals surface area contributed by atoms with E-state index in [4.69, 9.17) is 44.3 Å². The molecule has 0 unspecified atom stereocenters. The number of hydrogen-bond acceptors (Lipinski definition) is 5. The van der Waals surface area contributed by atoms with E-state index < -0.39 is 5.91 Å². The summed E-state index contributed by atoms with van der Waals surface area (Å²) in [5, 5.41) is 0.805. The SMILES string of the molecule is COc1cc(/C=C2\SC(=O)N(Cc3ccc(Cl)cc3Cl)C2=O)cc(Cl)c1OCc1ccccc1. The van der Waals surface area contributed by atoms with Gasteiger partial charge in [0, 0.05) is 10.0 Å². The van der Waals surface area contributed by atoms with Crippen LogP contribution in [-0.2, 0) is 17.9 Å². The van der Waals surface area contributed by atoms with Gasteiger partial charge in [-0.05, 0) is 58.8 Å². The molecule has 9 heteroatoms. The van der Waals surface area contributed by atoms with Crippen LogP contribution in [0.1, 0.15) is 16.7 Å². The molecule has 1 aliphatic rings. The van der Waals surface area contributed by atoms with E-state index in [0.29, 0.717) is 44.3 Å². The van der Waals surface area contributed by atoms with Gasteiger partial charge in [-0.2, -0.15) is 0 Å². The average molecular weight is 535 g/mol. The van der Waals surface area contributed by atoms with Crippen molar-refractivity contribution in [1.29, 1.82) is 0 Å². The van der Waals surface area contributed by atoms with E-state index in [1.54, 1.807) is 36.4 Å². The fourth-order valence-corrected chi connectivity index (χ4v) is 4.88. The number of benzene rings is 3. The zero-order chi connectivity index (χ0) is 24.2. The van der Waals surface area contributed by atoms with Crippen molar-refractivity contribution in [1.82, 2.24) is 4.90 Å². The van der Waals surface area contributed by atoms with Crippen LogP contribution in [0.15, 0.2) is 65.6 Å². The van der Waals surface area contributed by atoms with Crippen LogP contribution in [0.3, 0.4) is 0 Å². The van der Waals surface area contributed by atoms with E-state index in [1.165, 1.54) is 7.11 Å². The Balaban J connectivity index is 1.54. The monoisotopic (exact) mass is 533 g/mol. The van der Waals surface area contributed by atoms with Crippen molar-refractivity contribution in [3.8, 4) is 11.5 Å². The summed E-state index contributed by atoms with van der Waals surface area (Å²) in [4.78, 5) is 26.9. The number of amides is 2. The largest absolute Gasteiger partial charge is 0.493 e. The molecule has 0 saturated carbocycles. The minimum atomic E-state index is -0.416. The molecular formula is C25H18Cl3NO4S. The first kappa shape index (κ1) is 24.5. The Morgan fingerprint density at radius 3 is 2.44 bits per heavy atom. The zero-order valence-electron chi connectivity index (χ0n) is 17.9. The summed E-state index contributed by atoms with van der Waals surface area (Å²) in [5.74, 6) is 0.401. The number of nitrogens with zero attached hydrogens (tertiary/aromatic N) is 1. The number of carbonyl (C=O) groups excluding carboxylic acids is 2. The summed E-state index contributed by atoms with van der Waals surface area (Å²) in [6.45, 7) is 0.372. The molecule has 2 amide bonds. The molecule has 0 N–H and O–H groups in total. The lowest BCUT2D eigenvalue weighted by Crippen LogP contribution is -2.27. The van der Waals surface area contributed by atoms with Gasteiger partial charge in [0.2, 0.25) is 0 Å². The van der Waals surface area contributed by atoms with Crippen LogP contribution in [0.2, 0.25) is 15.1 Å². The number of rotatable bonds is 7. The molecule has 1 fully saturated rings. The lowest BCUT2D eigenvalue weighted by molar-refractivity contribution is -0.123. The second-order valence-electron chi connectivity index (χ2n) is 7.31. The quantitative estimate of drug-likeness (QED) is 0.294. The third-order valence-electron chi connectivity index (χ3n) is 4.99. The van der Waals surface area contributed by atoms with E-state index in [9.17, 15) is 9.59 Å². The number of thioether (sulfide) groups is 1. The highest BCUT2D eigenvalue weighted by Crippen LogP contribution is 2.40. The Morgan fingerprint density at radius 2 is 1.74 bits per heavy atom. The molecule has 0 aliphatic carbocycles. The van der Waals surface area contributed by atoms with Crippen molar-refractivity contribution in [3.05, 3.63) is 97.3 Å². The summed E-state index contributed by atoms with van der Waals surface area (Å²) in [6.07, 6.45) is 1.60. The number of carbonyl (C=O) groups is 2. The van der Waals surface area contributed by atoms with Crippen molar-refractivity contribution < 1.29 is 19.1 Å². The van der Waals surface area contributed by atoms with Gasteiger partial charge < -0.3 is 9.47 Å². The molecule has 0 aromatic heterocycles. The molecule has 0 bridgehead atoms. The van der Waals surface area contributed by atoms with E-state index in [0.717, 1.165) is 22.2 Å². The van der Waals surface area contributed by atoms with Gasteiger partial charge in [-0.15, -0.1) is 0 Å². The second kappa shape index (κ2) is 10.7. The van der Waals surface area contributed by atoms with Gasteiger partial charge in [-0.1, -0.05) is 71.2 Å². The summed E-state index contributed by atoms with van der Waals surface area (Å²) in [7, 11) is 1.51. The van der Waals surface area contributed by atoms with Crippen molar-refractivity contribution in [3.63, 3.8) is 0 Å². The first-order valence-corrected chi connectivity index (χ1v) is 12.0. The highest BCUT2D eigenvalue weighted by atomic mass is 35.5. The summed E-state index contributed by atoms with van der Waals surface area (Å²) < 4.78 is 11.3. The van der Waals surface area contributed by atoms with Gasteiger partial charge in [-0.3, -0.25) is 14.5 Å². The van der Waals surface area contributed by atoms with Crippen molar-refractivity contribution in [2.75, 3.05) is 7.11 Å². The Morgan fingerprint density at radius 1 is 0.971 bits per heavy atom. The van der Waals surface area contributed by atoms with Gasteiger partial charge in [0.15, 0.2) is 11.5 Å². The van der Waals surface area contributed by atoms with E-state index in [-0.39, 0.29) is 16.7 Å². The predicted molar refractivity (Wildman–Crippen MR) is 137 cm³/mol. The molecule has 3 aromatic rings. The molecule has 3 aromatic carbocycles. The molecule has 4 rings (SSSR count). The van der Waals surface area contributed by atoms with E-state index in [2.05, 4.69) is 0 Å². The molecule has 1 aliphatic heterocycles. The minimum Gasteiger partial charge on any atom is -0.493 e. The van der Waals surface area contributed by atoms with Crippen LogP contribution < -0.4 is 9.47 Å². The molecule has 174 valence electrons. The van der Waals surface area contributed by atoms with Gasteiger partial charge in [-0.25, -0.2) is 0 Å². The Bertz CT molecular complexity index is 1280. The smallest absolute Gasteiger partial charge is 0.293 e. The molecule has 0 radical (unpaired) electrons. The van der Waals surface area contributed by atoms with Gasteiger partial charge >= 0.3 is 0 Å². The summed E-state index contributed by atoms with van der Waals surface area (Å²) in [5.41, 5.74) is 2.21. The maximum atomic E-state index is 12.9. The van der Waals surface area contributed by atoms with E-state index >= 15 is 0 Å². The maximum absolute atomic E-state index is 12.9. The fraction of sp³-hybridized carbons (Fsp3) is 0.120. The third kappa shape index (κ3) is 5.53. The number of ether oxygens (including phenoxy) is 2. The highest BCUT2D eigenvalue weighted by Gasteiger charge is 2.35. The number of halogens is 3. The molecule has 0 atom stereocenters. The first-order valence-electron chi connectivity index (χ1n) is 10.1. The van der Waals surface area contributed by atoms with Crippen LogP contribution in [0.4, 0.5) is 4.79 Å². The number of methoxy groups -OCH3 is 1.